The van der Waals surface area contributed by atoms with Crippen LogP contribution in [0.3, 0.4) is 0 Å². The summed E-state index contributed by atoms with van der Waals surface area (Å²) in [6.07, 6.45) is 0. The first-order valence-corrected chi connectivity index (χ1v) is 7.58. The molecule has 0 spiro atoms. The zero-order chi connectivity index (χ0) is 17.1. The number of hydrogen-bond donors (Lipinski definition) is 3. The van der Waals surface area contributed by atoms with Crippen molar-refractivity contribution in [2.75, 3.05) is 0 Å². The van der Waals surface area contributed by atoms with Crippen molar-refractivity contribution in [2.45, 2.75) is 47.2 Å². The van der Waals surface area contributed by atoms with Crippen LogP contribution in [0.1, 0.15) is 46.9 Å². The van der Waals surface area contributed by atoms with Crippen molar-refractivity contribution in [3.63, 3.8) is 0 Å². The third kappa shape index (κ3) is 4.03. The minimum absolute atomic E-state index is 0.169. The minimum atomic E-state index is -0.324. The monoisotopic (exact) mass is 317 g/mol. The summed E-state index contributed by atoms with van der Waals surface area (Å²) in [5.74, 6) is 1.61. The zero-order valence-corrected chi connectivity index (χ0v) is 14.2. The van der Waals surface area contributed by atoms with Crippen molar-refractivity contribution in [3.8, 4) is 0 Å². The van der Waals surface area contributed by atoms with E-state index in [0.29, 0.717) is 5.56 Å². The van der Waals surface area contributed by atoms with Crippen molar-refractivity contribution in [1.29, 1.82) is 0 Å². The van der Waals surface area contributed by atoms with Gasteiger partial charge in [-0.05, 0) is 52.3 Å². The van der Waals surface area contributed by atoms with Gasteiger partial charge in [-0.3, -0.25) is 4.79 Å². The predicted octanol–water partition coefficient (Wildman–Crippen LogP) is 2.76. The maximum atomic E-state index is 12.0. The van der Waals surface area contributed by atoms with E-state index in [2.05, 4.69) is 15.6 Å². The molecule has 2 amide bonds. The molecule has 1 atom stereocenters. The molecule has 124 valence electrons. The smallest absolute Gasteiger partial charge is 0.315 e. The minimum Gasteiger partial charge on any atom is -0.466 e. The first-order chi connectivity index (χ1) is 10.8. The van der Waals surface area contributed by atoms with Gasteiger partial charge in [0.2, 0.25) is 0 Å². The van der Waals surface area contributed by atoms with Gasteiger partial charge >= 0.3 is 6.03 Å². The van der Waals surface area contributed by atoms with Gasteiger partial charge in [-0.25, -0.2) is 4.79 Å². The van der Waals surface area contributed by atoms with Gasteiger partial charge < -0.3 is 20.0 Å². The third-order valence-corrected chi connectivity index (χ3v) is 3.81. The fourth-order valence-corrected chi connectivity index (χ4v) is 2.68. The van der Waals surface area contributed by atoms with E-state index in [1.54, 1.807) is 0 Å². The van der Waals surface area contributed by atoms with E-state index in [1.807, 2.05) is 46.8 Å². The SMILES string of the molecule is Cc1cc(C)c(CNC(=O)NC(C)c2cc(C)oc2C)c(=O)[nH]1. The van der Waals surface area contributed by atoms with Crippen LogP contribution in [0.2, 0.25) is 0 Å². The summed E-state index contributed by atoms with van der Waals surface area (Å²) >= 11 is 0. The van der Waals surface area contributed by atoms with Crippen LogP contribution in [-0.2, 0) is 6.54 Å². The Morgan fingerprint density at radius 3 is 2.52 bits per heavy atom. The Hall–Kier alpha value is -2.50. The number of aromatic amines is 1. The van der Waals surface area contributed by atoms with E-state index in [0.717, 1.165) is 28.3 Å². The molecule has 3 N–H and O–H groups in total. The Kier molecular flexibility index (Phi) is 4.93. The number of urea groups is 1. The summed E-state index contributed by atoms with van der Waals surface area (Å²) in [6, 6.07) is 3.30. The fraction of sp³-hybridized carbons (Fsp3) is 0.412. The zero-order valence-electron chi connectivity index (χ0n) is 14.2. The molecule has 2 heterocycles. The summed E-state index contributed by atoms with van der Waals surface area (Å²) in [5.41, 5.74) is 3.01. The number of pyridine rings is 1. The number of H-pyrrole nitrogens is 1. The molecule has 0 bridgehead atoms. The standard InChI is InChI=1S/C17H23N3O3/c1-9-6-10(2)19-16(21)15(9)8-18-17(22)20-12(4)14-7-11(3)23-13(14)5/h6-7,12H,8H2,1-5H3,(H,19,21)(H2,18,20,22). The molecule has 1 unspecified atom stereocenters. The van der Waals surface area contributed by atoms with Crippen LogP contribution >= 0.6 is 0 Å². The summed E-state index contributed by atoms with van der Waals surface area (Å²) in [4.78, 5) is 26.7. The van der Waals surface area contributed by atoms with Gasteiger partial charge in [-0.2, -0.15) is 0 Å². The van der Waals surface area contributed by atoms with Crippen molar-refractivity contribution in [1.82, 2.24) is 15.6 Å². The van der Waals surface area contributed by atoms with Crippen LogP contribution in [0, 0.1) is 27.7 Å². The van der Waals surface area contributed by atoms with Crippen molar-refractivity contribution >= 4 is 6.03 Å². The second-order valence-corrected chi connectivity index (χ2v) is 5.86. The molecule has 2 aromatic heterocycles. The fourth-order valence-electron chi connectivity index (χ4n) is 2.68. The van der Waals surface area contributed by atoms with Gasteiger partial charge in [0.25, 0.3) is 5.56 Å². The molecule has 0 aliphatic rings. The molecule has 0 radical (unpaired) electrons. The number of carbonyl (C=O) groups excluding carboxylic acids is 1. The molecule has 2 aromatic rings. The van der Waals surface area contributed by atoms with E-state index >= 15 is 0 Å². The lowest BCUT2D eigenvalue weighted by Gasteiger charge is -2.14. The average molecular weight is 317 g/mol. The van der Waals surface area contributed by atoms with Crippen LogP contribution in [-0.4, -0.2) is 11.0 Å². The molecule has 23 heavy (non-hydrogen) atoms. The van der Waals surface area contributed by atoms with E-state index < -0.39 is 0 Å². The number of furan rings is 1. The van der Waals surface area contributed by atoms with E-state index in [-0.39, 0.29) is 24.2 Å². The Morgan fingerprint density at radius 2 is 1.96 bits per heavy atom. The normalized spacial score (nSPS) is 12.0. The Bertz CT molecular complexity index is 774. The number of carbonyl (C=O) groups is 1. The lowest BCUT2D eigenvalue weighted by Crippen LogP contribution is -2.38. The second-order valence-electron chi connectivity index (χ2n) is 5.86. The van der Waals surface area contributed by atoms with Crippen molar-refractivity contribution in [2.24, 2.45) is 0 Å². The Morgan fingerprint density at radius 1 is 1.26 bits per heavy atom. The molecule has 0 fully saturated rings. The number of aryl methyl sites for hydroxylation is 4. The maximum absolute atomic E-state index is 12.0. The highest BCUT2D eigenvalue weighted by atomic mass is 16.3. The molecule has 6 nitrogen and oxygen atoms in total. The van der Waals surface area contributed by atoms with Crippen LogP contribution in [0.5, 0.6) is 0 Å². The highest BCUT2D eigenvalue weighted by Crippen LogP contribution is 2.20. The topological polar surface area (TPSA) is 87.1 Å². The average Bonchev–Trinajstić information content (AvgIpc) is 2.76. The van der Waals surface area contributed by atoms with E-state index in [9.17, 15) is 9.59 Å². The van der Waals surface area contributed by atoms with Gasteiger partial charge in [0, 0.05) is 16.8 Å². The quantitative estimate of drug-likeness (QED) is 0.810. The molecule has 0 saturated carbocycles. The molecule has 0 aromatic carbocycles. The summed E-state index contributed by atoms with van der Waals surface area (Å²) in [6.45, 7) is 9.50. The molecule has 0 aliphatic carbocycles. The van der Waals surface area contributed by atoms with Gasteiger partial charge in [-0.1, -0.05) is 0 Å². The third-order valence-electron chi connectivity index (χ3n) is 3.81. The molecule has 6 heteroatoms. The van der Waals surface area contributed by atoms with Crippen LogP contribution < -0.4 is 16.2 Å². The van der Waals surface area contributed by atoms with Gasteiger partial charge in [0.05, 0.1) is 12.6 Å². The van der Waals surface area contributed by atoms with E-state index in [4.69, 9.17) is 4.42 Å². The van der Waals surface area contributed by atoms with Crippen LogP contribution in [0.15, 0.2) is 21.3 Å². The number of nitrogens with one attached hydrogen (secondary N) is 3. The van der Waals surface area contributed by atoms with Crippen LogP contribution in [0.25, 0.3) is 0 Å². The highest BCUT2D eigenvalue weighted by molar-refractivity contribution is 5.74. The Balaban J connectivity index is 1.98. The molecular weight excluding hydrogens is 294 g/mol. The van der Waals surface area contributed by atoms with Gasteiger partial charge in [0.15, 0.2) is 0 Å². The predicted molar refractivity (Wildman–Crippen MR) is 88.5 cm³/mol. The summed E-state index contributed by atoms with van der Waals surface area (Å²) < 4.78 is 5.47. The van der Waals surface area contributed by atoms with Crippen molar-refractivity contribution < 1.29 is 9.21 Å². The number of hydrogen-bond acceptors (Lipinski definition) is 3. The molecule has 0 saturated heterocycles. The maximum Gasteiger partial charge on any atom is 0.315 e. The molecular formula is C17H23N3O3. The number of amides is 2. The molecule has 0 aliphatic heterocycles. The second kappa shape index (κ2) is 6.73. The van der Waals surface area contributed by atoms with E-state index in [1.165, 1.54) is 0 Å². The first-order valence-electron chi connectivity index (χ1n) is 7.58. The van der Waals surface area contributed by atoms with Gasteiger partial charge in [-0.15, -0.1) is 0 Å². The molecule has 2 rings (SSSR count). The highest BCUT2D eigenvalue weighted by Gasteiger charge is 2.15. The van der Waals surface area contributed by atoms with Crippen LogP contribution in [0.4, 0.5) is 4.79 Å². The number of rotatable bonds is 4. The van der Waals surface area contributed by atoms with Crippen molar-refractivity contribution in [3.05, 3.63) is 56.4 Å². The lowest BCUT2D eigenvalue weighted by atomic mass is 10.1. The Labute approximate surface area is 135 Å². The van der Waals surface area contributed by atoms with Gasteiger partial charge in [0.1, 0.15) is 11.5 Å². The first kappa shape index (κ1) is 16.9. The lowest BCUT2D eigenvalue weighted by molar-refractivity contribution is 0.237. The summed E-state index contributed by atoms with van der Waals surface area (Å²) in [5, 5.41) is 5.57. The number of aromatic nitrogens is 1. The largest absolute Gasteiger partial charge is 0.466 e. The summed E-state index contributed by atoms with van der Waals surface area (Å²) in [7, 11) is 0.